The Kier molecular flexibility index (Phi) is 5.40. The highest BCUT2D eigenvalue weighted by molar-refractivity contribution is 5.96. The minimum atomic E-state index is 0.229. The van der Waals surface area contributed by atoms with Crippen LogP contribution in [-0.2, 0) is 0 Å². The van der Waals surface area contributed by atoms with Crippen LogP contribution in [-0.4, -0.2) is 25.5 Å². The number of carbonyl (C=O) groups is 1. The molecule has 1 aromatic rings. The summed E-state index contributed by atoms with van der Waals surface area (Å²) in [6, 6.07) is 7.51. The highest BCUT2D eigenvalue weighted by Crippen LogP contribution is 2.19. The van der Waals surface area contributed by atoms with Crippen molar-refractivity contribution in [1.82, 2.24) is 5.32 Å². The second-order valence-corrected chi connectivity index (χ2v) is 5.14. The van der Waals surface area contributed by atoms with Gasteiger partial charge in [0.05, 0.1) is 6.61 Å². The molecule has 104 valence electrons. The molecular formula is C16H23NO2. The average Bonchev–Trinajstić information content (AvgIpc) is 2.46. The quantitative estimate of drug-likeness (QED) is 0.800. The van der Waals surface area contributed by atoms with Crippen LogP contribution in [0.25, 0.3) is 0 Å². The van der Waals surface area contributed by atoms with E-state index in [4.69, 9.17) is 4.74 Å². The van der Waals surface area contributed by atoms with E-state index in [0.29, 0.717) is 18.9 Å². The molecule has 0 aromatic heterocycles. The molecule has 1 aromatic carbocycles. The lowest BCUT2D eigenvalue weighted by Gasteiger charge is -2.22. The maximum absolute atomic E-state index is 12.2. The predicted molar refractivity (Wildman–Crippen MR) is 76.8 cm³/mol. The van der Waals surface area contributed by atoms with Crippen LogP contribution in [0.5, 0.6) is 5.75 Å². The number of carbonyl (C=O) groups excluding carboxylic acids is 1. The lowest BCUT2D eigenvalue weighted by atomic mass is 9.92. The Hall–Kier alpha value is -1.35. The smallest absolute Gasteiger partial charge is 0.163 e. The summed E-state index contributed by atoms with van der Waals surface area (Å²) in [4.78, 5) is 12.2. The molecule has 1 heterocycles. The Labute approximate surface area is 115 Å². The van der Waals surface area contributed by atoms with E-state index in [9.17, 15) is 4.79 Å². The minimum absolute atomic E-state index is 0.229. The normalized spacial score (nSPS) is 19.1. The molecule has 3 nitrogen and oxygen atoms in total. The molecule has 1 atom stereocenters. The highest BCUT2D eigenvalue weighted by atomic mass is 16.5. The van der Waals surface area contributed by atoms with Gasteiger partial charge < -0.3 is 10.1 Å². The molecule has 0 saturated carbocycles. The maximum atomic E-state index is 12.2. The van der Waals surface area contributed by atoms with E-state index in [2.05, 4.69) is 5.32 Å². The van der Waals surface area contributed by atoms with Gasteiger partial charge in [0.2, 0.25) is 0 Å². The van der Waals surface area contributed by atoms with E-state index < -0.39 is 0 Å². The van der Waals surface area contributed by atoms with E-state index >= 15 is 0 Å². The van der Waals surface area contributed by atoms with Crippen molar-refractivity contribution in [2.24, 2.45) is 5.92 Å². The van der Waals surface area contributed by atoms with Crippen LogP contribution in [0.4, 0.5) is 0 Å². The summed E-state index contributed by atoms with van der Waals surface area (Å²) in [7, 11) is 0. The van der Waals surface area contributed by atoms with E-state index in [1.165, 1.54) is 12.8 Å². The Morgan fingerprint density at radius 2 is 2.37 bits per heavy atom. The predicted octanol–water partition coefficient (Wildman–Crippen LogP) is 3.05. The van der Waals surface area contributed by atoms with Crippen LogP contribution in [0, 0.1) is 5.92 Å². The lowest BCUT2D eigenvalue weighted by molar-refractivity contribution is 0.0971. The van der Waals surface area contributed by atoms with Gasteiger partial charge in [-0.1, -0.05) is 12.1 Å². The average molecular weight is 261 g/mol. The van der Waals surface area contributed by atoms with Crippen LogP contribution >= 0.6 is 0 Å². The maximum Gasteiger partial charge on any atom is 0.163 e. The van der Waals surface area contributed by atoms with Crippen LogP contribution in [0.3, 0.4) is 0 Å². The summed E-state index contributed by atoms with van der Waals surface area (Å²) in [6.07, 6.45) is 4.12. The van der Waals surface area contributed by atoms with Crippen molar-refractivity contribution >= 4 is 5.78 Å². The van der Waals surface area contributed by atoms with Gasteiger partial charge in [0.1, 0.15) is 5.75 Å². The first-order chi connectivity index (χ1) is 9.29. The van der Waals surface area contributed by atoms with Gasteiger partial charge in [-0.15, -0.1) is 0 Å². The second kappa shape index (κ2) is 7.29. The second-order valence-electron chi connectivity index (χ2n) is 5.14. The number of Topliss-reactive ketones (excluding diaryl/α,β-unsaturated/α-hetero) is 1. The van der Waals surface area contributed by atoms with Gasteiger partial charge in [-0.3, -0.25) is 4.79 Å². The monoisotopic (exact) mass is 261 g/mol. The van der Waals surface area contributed by atoms with E-state index in [0.717, 1.165) is 30.8 Å². The first-order valence-corrected chi connectivity index (χ1v) is 7.26. The molecule has 1 unspecified atom stereocenters. The molecule has 0 bridgehead atoms. The Balaban J connectivity index is 1.86. The SMILES string of the molecule is CCOc1cccc(C(=O)CCC2CCCNC2)c1. The number of ketones is 1. The van der Waals surface area contributed by atoms with Crippen molar-refractivity contribution < 1.29 is 9.53 Å². The lowest BCUT2D eigenvalue weighted by Crippen LogP contribution is -2.30. The van der Waals surface area contributed by atoms with Crippen molar-refractivity contribution in [2.45, 2.75) is 32.6 Å². The summed E-state index contributed by atoms with van der Waals surface area (Å²) >= 11 is 0. The highest BCUT2D eigenvalue weighted by Gasteiger charge is 2.15. The fourth-order valence-corrected chi connectivity index (χ4v) is 2.58. The number of benzene rings is 1. The molecule has 0 amide bonds. The van der Waals surface area contributed by atoms with Crippen molar-refractivity contribution in [3.63, 3.8) is 0 Å². The number of nitrogens with one attached hydrogen (secondary N) is 1. The van der Waals surface area contributed by atoms with E-state index in [-0.39, 0.29) is 5.78 Å². The van der Waals surface area contributed by atoms with Gasteiger partial charge in [0.25, 0.3) is 0 Å². The molecule has 2 rings (SSSR count). The molecule has 0 radical (unpaired) electrons. The summed E-state index contributed by atoms with van der Waals surface area (Å²) < 4.78 is 5.43. The first kappa shape index (κ1) is 14.1. The van der Waals surface area contributed by atoms with Crippen LogP contribution in [0.15, 0.2) is 24.3 Å². The number of rotatable bonds is 6. The Bertz CT molecular complexity index is 411. The first-order valence-electron chi connectivity index (χ1n) is 7.26. The van der Waals surface area contributed by atoms with Crippen molar-refractivity contribution in [3.05, 3.63) is 29.8 Å². The van der Waals surface area contributed by atoms with Crippen LogP contribution in [0.1, 0.15) is 43.0 Å². The number of hydrogen-bond donors (Lipinski definition) is 1. The van der Waals surface area contributed by atoms with Gasteiger partial charge in [0.15, 0.2) is 5.78 Å². The summed E-state index contributed by atoms with van der Waals surface area (Å²) in [5.74, 6) is 1.67. The van der Waals surface area contributed by atoms with Crippen molar-refractivity contribution in [1.29, 1.82) is 0 Å². The molecule has 0 aliphatic carbocycles. The number of ether oxygens (including phenoxy) is 1. The standard InChI is InChI=1S/C16H23NO2/c1-2-19-15-7-3-6-14(11-15)16(18)9-8-13-5-4-10-17-12-13/h3,6-7,11,13,17H,2,4-5,8-10,12H2,1H3. The molecule has 1 saturated heterocycles. The summed E-state index contributed by atoms with van der Waals surface area (Å²) in [6.45, 7) is 4.77. The number of hydrogen-bond acceptors (Lipinski definition) is 3. The van der Waals surface area contributed by atoms with E-state index in [1.54, 1.807) is 0 Å². The largest absolute Gasteiger partial charge is 0.494 e. The topological polar surface area (TPSA) is 38.3 Å². The summed E-state index contributed by atoms with van der Waals surface area (Å²) in [5, 5.41) is 3.39. The zero-order valence-electron chi connectivity index (χ0n) is 11.7. The van der Waals surface area contributed by atoms with E-state index in [1.807, 2.05) is 31.2 Å². The fraction of sp³-hybridized carbons (Fsp3) is 0.562. The zero-order valence-corrected chi connectivity index (χ0v) is 11.7. The Morgan fingerprint density at radius 3 is 3.11 bits per heavy atom. The molecular weight excluding hydrogens is 238 g/mol. The van der Waals surface area contributed by atoms with Crippen molar-refractivity contribution in [3.8, 4) is 5.75 Å². The van der Waals surface area contributed by atoms with Gasteiger partial charge in [0, 0.05) is 12.0 Å². The third kappa shape index (κ3) is 4.35. The van der Waals surface area contributed by atoms with Gasteiger partial charge in [-0.2, -0.15) is 0 Å². The van der Waals surface area contributed by atoms with Gasteiger partial charge >= 0.3 is 0 Å². The Morgan fingerprint density at radius 1 is 1.47 bits per heavy atom. The number of piperidine rings is 1. The molecule has 1 aliphatic rings. The molecule has 1 N–H and O–H groups in total. The van der Waals surface area contributed by atoms with Crippen LogP contribution < -0.4 is 10.1 Å². The molecule has 3 heteroatoms. The fourth-order valence-electron chi connectivity index (χ4n) is 2.58. The third-order valence-electron chi connectivity index (χ3n) is 3.65. The molecule has 1 aliphatic heterocycles. The third-order valence-corrected chi connectivity index (χ3v) is 3.65. The van der Waals surface area contributed by atoms with Gasteiger partial charge in [-0.05, 0) is 57.3 Å². The molecule has 1 fully saturated rings. The van der Waals surface area contributed by atoms with Crippen molar-refractivity contribution in [2.75, 3.05) is 19.7 Å². The minimum Gasteiger partial charge on any atom is -0.494 e. The molecule has 0 spiro atoms. The summed E-state index contributed by atoms with van der Waals surface area (Å²) in [5.41, 5.74) is 0.773. The van der Waals surface area contributed by atoms with Crippen LogP contribution in [0.2, 0.25) is 0 Å². The van der Waals surface area contributed by atoms with Gasteiger partial charge in [-0.25, -0.2) is 0 Å². The molecule has 19 heavy (non-hydrogen) atoms. The zero-order chi connectivity index (χ0) is 13.5.